The summed E-state index contributed by atoms with van der Waals surface area (Å²) in [5.41, 5.74) is 2.35. The summed E-state index contributed by atoms with van der Waals surface area (Å²) >= 11 is 1.55. The van der Waals surface area contributed by atoms with Gasteiger partial charge in [0.2, 0.25) is 5.91 Å². The molecule has 1 aliphatic rings. The third kappa shape index (κ3) is 2.72. The second kappa shape index (κ2) is 5.71. The van der Waals surface area contributed by atoms with Crippen LogP contribution in [0.4, 0.5) is 5.82 Å². The molecular formula is C15H17N3OS. The Morgan fingerprint density at radius 2 is 2.15 bits per heavy atom. The van der Waals surface area contributed by atoms with Crippen molar-refractivity contribution in [1.29, 1.82) is 0 Å². The number of hydrogen-bond acceptors (Lipinski definition) is 3. The molecule has 1 N–H and O–H groups in total. The molecule has 20 heavy (non-hydrogen) atoms. The van der Waals surface area contributed by atoms with Crippen molar-refractivity contribution in [2.75, 3.05) is 11.1 Å². The Kier molecular flexibility index (Phi) is 3.78. The van der Waals surface area contributed by atoms with Crippen molar-refractivity contribution >= 4 is 23.5 Å². The third-order valence-corrected chi connectivity index (χ3v) is 4.45. The summed E-state index contributed by atoms with van der Waals surface area (Å²) in [6.07, 6.45) is 3.18. The maximum Gasteiger partial charge on any atom is 0.235 e. The number of thioether (sulfide) groups is 1. The van der Waals surface area contributed by atoms with E-state index in [4.69, 9.17) is 0 Å². The molecule has 0 spiro atoms. The van der Waals surface area contributed by atoms with E-state index in [9.17, 15) is 4.79 Å². The predicted octanol–water partition coefficient (Wildman–Crippen LogP) is 2.64. The first-order valence-electron chi connectivity index (χ1n) is 6.76. The van der Waals surface area contributed by atoms with Crippen LogP contribution in [0.1, 0.15) is 17.7 Å². The molecule has 0 saturated heterocycles. The first-order chi connectivity index (χ1) is 9.74. The molecule has 0 saturated carbocycles. The molecule has 0 radical (unpaired) electrons. The van der Waals surface area contributed by atoms with Crippen LogP contribution >= 0.6 is 11.8 Å². The van der Waals surface area contributed by atoms with Crippen molar-refractivity contribution in [3.05, 3.63) is 41.6 Å². The minimum absolute atomic E-state index is 0.0246. The Balaban J connectivity index is 1.62. The van der Waals surface area contributed by atoms with Crippen LogP contribution < -0.4 is 5.32 Å². The lowest BCUT2D eigenvalue weighted by atomic mass is 10.2. The summed E-state index contributed by atoms with van der Waals surface area (Å²) < 4.78 is 1.79. The highest BCUT2D eigenvalue weighted by Gasteiger charge is 2.21. The standard InChI is InChI=1S/C15H17N3OS/c1-18-15(12-8-5-9-13(12)17-18)16-14(19)10-20-11-6-3-2-4-7-11/h2-4,6-7H,5,8-10H2,1H3,(H,16,19). The first kappa shape index (κ1) is 13.2. The van der Waals surface area contributed by atoms with E-state index in [1.807, 2.05) is 37.4 Å². The van der Waals surface area contributed by atoms with Gasteiger partial charge in [-0.2, -0.15) is 5.10 Å². The number of anilines is 1. The predicted molar refractivity (Wildman–Crippen MR) is 81.0 cm³/mol. The molecule has 1 aliphatic carbocycles. The van der Waals surface area contributed by atoms with Gasteiger partial charge in [-0.25, -0.2) is 0 Å². The number of aromatic nitrogens is 2. The van der Waals surface area contributed by atoms with Gasteiger partial charge in [-0.1, -0.05) is 18.2 Å². The van der Waals surface area contributed by atoms with Gasteiger partial charge in [0.25, 0.3) is 0 Å². The smallest absolute Gasteiger partial charge is 0.235 e. The summed E-state index contributed by atoms with van der Waals surface area (Å²) in [4.78, 5) is 13.2. The highest BCUT2D eigenvalue weighted by atomic mass is 32.2. The average molecular weight is 287 g/mol. The summed E-state index contributed by atoms with van der Waals surface area (Å²) in [7, 11) is 1.89. The van der Waals surface area contributed by atoms with Crippen LogP contribution in [0.5, 0.6) is 0 Å². The number of benzene rings is 1. The molecule has 104 valence electrons. The van der Waals surface area contributed by atoms with Crippen LogP contribution in [0.3, 0.4) is 0 Å². The fourth-order valence-electron chi connectivity index (χ4n) is 2.51. The van der Waals surface area contributed by atoms with E-state index < -0.39 is 0 Å². The normalized spacial score (nSPS) is 13.2. The van der Waals surface area contributed by atoms with Gasteiger partial charge < -0.3 is 5.32 Å². The highest BCUT2D eigenvalue weighted by molar-refractivity contribution is 8.00. The van der Waals surface area contributed by atoms with Crippen LogP contribution in [0, 0.1) is 0 Å². The quantitative estimate of drug-likeness (QED) is 0.879. The molecule has 1 heterocycles. The van der Waals surface area contributed by atoms with Crippen molar-refractivity contribution in [2.45, 2.75) is 24.2 Å². The first-order valence-corrected chi connectivity index (χ1v) is 7.75. The number of amides is 1. The molecule has 1 aromatic heterocycles. The van der Waals surface area contributed by atoms with Crippen molar-refractivity contribution < 1.29 is 4.79 Å². The summed E-state index contributed by atoms with van der Waals surface area (Å²) in [5, 5.41) is 7.46. The van der Waals surface area contributed by atoms with E-state index >= 15 is 0 Å². The molecule has 4 nitrogen and oxygen atoms in total. The van der Waals surface area contributed by atoms with Gasteiger partial charge in [-0.3, -0.25) is 9.48 Å². The molecule has 0 aliphatic heterocycles. The molecule has 0 atom stereocenters. The highest BCUT2D eigenvalue weighted by Crippen LogP contribution is 2.28. The van der Waals surface area contributed by atoms with Crippen LogP contribution in [0.2, 0.25) is 0 Å². The van der Waals surface area contributed by atoms with Gasteiger partial charge in [0, 0.05) is 17.5 Å². The SMILES string of the molecule is Cn1nc2c(c1NC(=O)CSc1ccccc1)CCC2. The van der Waals surface area contributed by atoms with Crippen molar-refractivity contribution in [3.63, 3.8) is 0 Å². The van der Waals surface area contributed by atoms with E-state index in [0.717, 1.165) is 35.7 Å². The van der Waals surface area contributed by atoms with Gasteiger partial charge in [-0.05, 0) is 31.4 Å². The van der Waals surface area contributed by atoms with Gasteiger partial charge in [-0.15, -0.1) is 11.8 Å². The number of rotatable bonds is 4. The Hall–Kier alpha value is -1.75. The molecule has 1 aromatic carbocycles. The van der Waals surface area contributed by atoms with E-state index in [1.54, 1.807) is 16.4 Å². The van der Waals surface area contributed by atoms with Crippen molar-refractivity contribution in [1.82, 2.24) is 9.78 Å². The van der Waals surface area contributed by atoms with Gasteiger partial charge in [0.15, 0.2) is 0 Å². The zero-order valence-electron chi connectivity index (χ0n) is 11.4. The minimum atomic E-state index is 0.0246. The monoisotopic (exact) mass is 287 g/mol. The van der Waals surface area contributed by atoms with Gasteiger partial charge in [0.1, 0.15) is 5.82 Å². The van der Waals surface area contributed by atoms with E-state index in [2.05, 4.69) is 10.4 Å². The zero-order valence-corrected chi connectivity index (χ0v) is 12.2. The number of nitrogens with one attached hydrogen (secondary N) is 1. The lowest BCUT2D eigenvalue weighted by Crippen LogP contribution is -2.17. The molecule has 5 heteroatoms. The van der Waals surface area contributed by atoms with E-state index in [0.29, 0.717) is 5.75 Å². The number of carbonyl (C=O) groups excluding carboxylic acids is 1. The fourth-order valence-corrected chi connectivity index (χ4v) is 3.23. The zero-order chi connectivity index (χ0) is 13.9. The molecule has 1 amide bonds. The topological polar surface area (TPSA) is 46.9 Å². The average Bonchev–Trinajstić information content (AvgIpc) is 3.01. The Morgan fingerprint density at radius 1 is 1.35 bits per heavy atom. The number of hydrogen-bond donors (Lipinski definition) is 1. The summed E-state index contributed by atoms with van der Waals surface area (Å²) in [6.45, 7) is 0. The molecule has 3 rings (SSSR count). The molecule has 0 fully saturated rings. The number of nitrogens with zero attached hydrogens (tertiary/aromatic N) is 2. The number of carbonyl (C=O) groups is 1. The Labute approximate surface area is 122 Å². The van der Waals surface area contributed by atoms with Crippen molar-refractivity contribution in [2.24, 2.45) is 7.05 Å². The van der Waals surface area contributed by atoms with E-state index in [1.165, 1.54) is 5.56 Å². The van der Waals surface area contributed by atoms with Crippen LogP contribution in [0.25, 0.3) is 0 Å². The second-order valence-electron chi connectivity index (χ2n) is 4.90. The van der Waals surface area contributed by atoms with Crippen molar-refractivity contribution in [3.8, 4) is 0 Å². The maximum atomic E-state index is 12.1. The lowest BCUT2D eigenvalue weighted by Gasteiger charge is -2.07. The van der Waals surface area contributed by atoms with E-state index in [-0.39, 0.29) is 5.91 Å². The largest absolute Gasteiger partial charge is 0.310 e. The number of aryl methyl sites for hydroxylation is 2. The lowest BCUT2D eigenvalue weighted by molar-refractivity contribution is -0.113. The third-order valence-electron chi connectivity index (χ3n) is 3.44. The Morgan fingerprint density at radius 3 is 2.95 bits per heavy atom. The molecule has 0 unspecified atom stereocenters. The van der Waals surface area contributed by atoms with Crippen LogP contribution in [-0.2, 0) is 24.7 Å². The van der Waals surface area contributed by atoms with Gasteiger partial charge >= 0.3 is 0 Å². The Bertz CT molecular complexity index is 622. The number of fused-ring (bicyclic) bond motifs is 1. The van der Waals surface area contributed by atoms with Gasteiger partial charge in [0.05, 0.1) is 11.4 Å². The maximum absolute atomic E-state index is 12.1. The molecule has 0 bridgehead atoms. The summed E-state index contributed by atoms with van der Waals surface area (Å²) in [6, 6.07) is 9.96. The minimum Gasteiger partial charge on any atom is -0.310 e. The summed E-state index contributed by atoms with van der Waals surface area (Å²) in [5.74, 6) is 1.32. The molecular weight excluding hydrogens is 270 g/mol. The fraction of sp³-hybridized carbons (Fsp3) is 0.333. The van der Waals surface area contributed by atoms with Crippen LogP contribution in [-0.4, -0.2) is 21.4 Å². The second-order valence-corrected chi connectivity index (χ2v) is 5.95. The molecule has 2 aromatic rings. The van der Waals surface area contributed by atoms with Crippen LogP contribution in [0.15, 0.2) is 35.2 Å².